The second-order valence-corrected chi connectivity index (χ2v) is 5.52. The quantitative estimate of drug-likeness (QED) is 0.832. The lowest BCUT2D eigenvalue weighted by Crippen LogP contribution is -2.49. The standard InChI is InChI=1S/C16H23NO2/c1-12(2)17-8-9-19-16(11-17)15(18)10-14-7-5-4-6-13(14)3/h4-7,12,16H,8-11H2,1-3H3. The van der Waals surface area contributed by atoms with E-state index in [1.165, 1.54) is 5.56 Å². The molecule has 0 amide bonds. The molecule has 0 radical (unpaired) electrons. The third-order valence-corrected chi connectivity index (χ3v) is 3.81. The van der Waals surface area contributed by atoms with E-state index in [1.54, 1.807) is 0 Å². The second kappa shape index (κ2) is 6.31. The Labute approximate surface area is 115 Å². The first-order valence-corrected chi connectivity index (χ1v) is 7.01. The highest BCUT2D eigenvalue weighted by Gasteiger charge is 2.27. The lowest BCUT2D eigenvalue weighted by atomic mass is 10.00. The molecule has 104 valence electrons. The van der Waals surface area contributed by atoms with Crippen LogP contribution in [0.1, 0.15) is 25.0 Å². The Kier molecular flexibility index (Phi) is 4.72. The zero-order valence-electron chi connectivity index (χ0n) is 12.1. The van der Waals surface area contributed by atoms with Crippen LogP contribution in [0.3, 0.4) is 0 Å². The van der Waals surface area contributed by atoms with E-state index in [9.17, 15) is 4.79 Å². The SMILES string of the molecule is Cc1ccccc1CC(=O)C1CN(C(C)C)CCO1. The zero-order chi connectivity index (χ0) is 13.8. The summed E-state index contributed by atoms with van der Waals surface area (Å²) in [5.74, 6) is 0.194. The van der Waals surface area contributed by atoms with E-state index in [0.717, 1.165) is 18.7 Å². The molecule has 0 spiro atoms. The average molecular weight is 261 g/mol. The molecule has 0 bridgehead atoms. The van der Waals surface area contributed by atoms with Gasteiger partial charge in [0.25, 0.3) is 0 Å². The first-order chi connectivity index (χ1) is 9.08. The minimum atomic E-state index is -0.268. The third kappa shape index (κ3) is 3.64. The number of nitrogens with zero attached hydrogens (tertiary/aromatic N) is 1. The van der Waals surface area contributed by atoms with Crippen molar-refractivity contribution >= 4 is 5.78 Å². The molecule has 0 saturated carbocycles. The topological polar surface area (TPSA) is 29.5 Å². The Hall–Kier alpha value is -1.19. The lowest BCUT2D eigenvalue weighted by molar-refractivity contribution is -0.136. The Morgan fingerprint density at radius 1 is 1.42 bits per heavy atom. The summed E-state index contributed by atoms with van der Waals surface area (Å²) in [4.78, 5) is 14.6. The summed E-state index contributed by atoms with van der Waals surface area (Å²) >= 11 is 0. The molecular formula is C16H23NO2. The fourth-order valence-electron chi connectivity index (χ4n) is 2.44. The molecule has 0 aromatic heterocycles. The van der Waals surface area contributed by atoms with Gasteiger partial charge in [-0.2, -0.15) is 0 Å². The fraction of sp³-hybridized carbons (Fsp3) is 0.562. The maximum absolute atomic E-state index is 12.3. The highest BCUT2D eigenvalue weighted by molar-refractivity contribution is 5.85. The molecule has 1 aliphatic rings. The molecule has 1 saturated heterocycles. The van der Waals surface area contributed by atoms with Crippen molar-refractivity contribution in [2.24, 2.45) is 0 Å². The molecule has 19 heavy (non-hydrogen) atoms. The zero-order valence-corrected chi connectivity index (χ0v) is 12.1. The molecule has 1 heterocycles. The van der Waals surface area contributed by atoms with E-state index in [4.69, 9.17) is 4.74 Å². The normalized spacial score (nSPS) is 20.7. The molecule has 0 aliphatic carbocycles. The van der Waals surface area contributed by atoms with E-state index < -0.39 is 0 Å². The van der Waals surface area contributed by atoms with Crippen molar-refractivity contribution in [3.63, 3.8) is 0 Å². The molecule has 1 atom stereocenters. The van der Waals surface area contributed by atoms with Crippen molar-refractivity contribution in [3.05, 3.63) is 35.4 Å². The Morgan fingerprint density at radius 3 is 2.84 bits per heavy atom. The highest BCUT2D eigenvalue weighted by atomic mass is 16.5. The summed E-state index contributed by atoms with van der Waals surface area (Å²) in [6, 6.07) is 8.53. The van der Waals surface area contributed by atoms with Gasteiger partial charge >= 0.3 is 0 Å². The van der Waals surface area contributed by atoms with Crippen molar-refractivity contribution in [3.8, 4) is 0 Å². The van der Waals surface area contributed by atoms with E-state index in [1.807, 2.05) is 31.2 Å². The van der Waals surface area contributed by atoms with Crippen molar-refractivity contribution in [2.45, 2.75) is 39.3 Å². The minimum absolute atomic E-state index is 0.194. The predicted molar refractivity (Wildman–Crippen MR) is 76.3 cm³/mol. The van der Waals surface area contributed by atoms with Gasteiger partial charge in [-0.1, -0.05) is 24.3 Å². The molecule has 3 heteroatoms. The molecule has 1 aromatic carbocycles. The van der Waals surface area contributed by atoms with Crippen molar-refractivity contribution in [1.29, 1.82) is 0 Å². The molecule has 1 aliphatic heterocycles. The second-order valence-electron chi connectivity index (χ2n) is 5.52. The molecule has 1 fully saturated rings. The van der Waals surface area contributed by atoms with Crippen molar-refractivity contribution in [1.82, 2.24) is 4.90 Å². The molecule has 1 unspecified atom stereocenters. The number of morpholine rings is 1. The van der Waals surface area contributed by atoms with Gasteiger partial charge < -0.3 is 4.74 Å². The summed E-state index contributed by atoms with van der Waals surface area (Å²) in [7, 11) is 0. The number of aryl methyl sites for hydroxylation is 1. The van der Waals surface area contributed by atoms with Gasteiger partial charge in [-0.3, -0.25) is 9.69 Å². The number of carbonyl (C=O) groups is 1. The minimum Gasteiger partial charge on any atom is -0.368 e. The largest absolute Gasteiger partial charge is 0.368 e. The van der Waals surface area contributed by atoms with E-state index >= 15 is 0 Å². The van der Waals surface area contributed by atoms with Crippen molar-refractivity contribution in [2.75, 3.05) is 19.7 Å². The third-order valence-electron chi connectivity index (χ3n) is 3.81. The summed E-state index contributed by atoms with van der Waals surface area (Å²) in [6.45, 7) is 8.67. The van der Waals surface area contributed by atoms with Crippen LogP contribution >= 0.6 is 0 Å². The summed E-state index contributed by atoms with van der Waals surface area (Å²) in [5.41, 5.74) is 2.28. The van der Waals surface area contributed by atoms with Crippen LogP contribution in [-0.4, -0.2) is 42.5 Å². The van der Waals surface area contributed by atoms with Crippen LogP contribution in [0, 0.1) is 6.92 Å². The van der Waals surface area contributed by atoms with Crippen LogP contribution in [0.25, 0.3) is 0 Å². The van der Waals surface area contributed by atoms with E-state index in [-0.39, 0.29) is 11.9 Å². The van der Waals surface area contributed by atoms with Gasteiger partial charge in [-0.05, 0) is 31.9 Å². The average Bonchev–Trinajstić information content (AvgIpc) is 2.41. The van der Waals surface area contributed by atoms with Gasteiger partial charge in [0.05, 0.1) is 6.61 Å². The van der Waals surface area contributed by atoms with Crippen LogP contribution in [0.2, 0.25) is 0 Å². The number of hydrogen-bond donors (Lipinski definition) is 0. The maximum Gasteiger partial charge on any atom is 0.167 e. The molecule has 3 nitrogen and oxygen atoms in total. The molecule has 2 rings (SSSR count). The van der Waals surface area contributed by atoms with Crippen molar-refractivity contribution < 1.29 is 9.53 Å². The fourth-order valence-corrected chi connectivity index (χ4v) is 2.44. The number of rotatable bonds is 4. The van der Waals surface area contributed by atoms with Gasteiger partial charge in [0.2, 0.25) is 0 Å². The Morgan fingerprint density at radius 2 is 2.16 bits per heavy atom. The number of carbonyl (C=O) groups excluding carboxylic acids is 1. The van der Waals surface area contributed by atoms with Gasteiger partial charge in [-0.25, -0.2) is 0 Å². The van der Waals surface area contributed by atoms with Crippen LogP contribution in [0.4, 0.5) is 0 Å². The molecule has 1 aromatic rings. The number of Topliss-reactive ketones (excluding diaryl/α,β-unsaturated/α-hetero) is 1. The van der Waals surface area contributed by atoms with Crippen LogP contribution in [0.5, 0.6) is 0 Å². The van der Waals surface area contributed by atoms with Crippen LogP contribution in [0.15, 0.2) is 24.3 Å². The van der Waals surface area contributed by atoms with Gasteiger partial charge in [-0.15, -0.1) is 0 Å². The number of ether oxygens (including phenoxy) is 1. The van der Waals surface area contributed by atoms with Gasteiger partial charge in [0, 0.05) is 25.6 Å². The number of benzene rings is 1. The molecular weight excluding hydrogens is 238 g/mol. The summed E-state index contributed by atoms with van der Waals surface area (Å²) < 4.78 is 5.64. The van der Waals surface area contributed by atoms with Crippen LogP contribution in [-0.2, 0) is 16.0 Å². The first-order valence-electron chi connectivity index (χ1n) is 7.01. The van der Waals surface area contributed by atoms with Crippen LogP contribution < -0.4 is 0 Å². The summed E-state index contributed by atoms with van der Waals surface area (Å²) in [5, 5.41) is 0. The Bertz CT molecular complexity index is 442. The predicted octanol–water partition coefficient (Wildman–Crippen LogP) is 2.22. The number of hydrogen-bond acceptors (Lipinski definition) is 3. The smallest absolute Gasteiger partial charge is 0.167 e. The van der Waals surface area contributed by atoms with E-state index in [2.05, 4.69) is 18.7 Å². The number of ketones is 1. The summed E-state index contributed by atoms with van der Waals surface area (Å²) in [6.07, 6.45) is 0.208. The van der Waals surface area contributed by atoms with Gasteiger partial charge in [0.1, 0.15) is 6.10 Å². The monoisotopic (exact) mass is 261 g/mol. The Balaban J connectivity index is 1.98. The highest BCUT2D eigenvalue weighted by Crippen LogP contribution is 2.14. The first kappa shape index (κ1) is 14.2. The van der Waals surface area contributed by atoms with Gasteiger partial charge in [0.15, 0.2) is 5.78 Å². The lowest BCUT2D eigenvalue weighted by Gasteiger charge is -2.34. The maximum atomic E-state index is 12.3. The van der Waals surface area contributed by atoms with E-state index in [0.29, 0.717) is 19.1 Å². The molecule has 0 N–H and O–H groups in total.